The Morgan fingerprint density at radius 1 is 1.16 bits per heavy atom. The lowest BCUT2D eigenvalue weighted by molar-refractivity contribution is -0.139. The van der Waals surface area contributed by atoms with Gasteiger partial charge in [-0.1, -0.05) is 20.8 Å². The fourth-order valence-electron chi connectivity index (χ4n) is 2.55. The minimum atomic E-state index is -3.14. The van der Waals surface area contributed by atoms with Crippen molar-refractivity contribution in [3.63, 3.8) is 0 Å². The average Bonchev–Trinajstić information content (AvgIpc) is 3.48. The number of Topliss-reactive ketones (excluding diaryl/α,β-unsaturated/α-hetero) is 1. The van der Waals surface area contributed by atoms with Gasteiger partial charge in [-0.05, 0) is 32.3 Å². The molecule has 8 nitrogen and oxygen atoms in total. The van der Waals surface area contributed by atoms with Crippen molar-refractivity contribution in [1.29, 1.82) is 0 Å². The molecule has 0 radical (unpaired) electrons. The van der Waals surface area contributed by atoms with E-state index in [9.17, 15) is 32.3 Å². The molecule has 3 amide bonds. The monoisotopic (exact) mass is 456 g/mol. The number of pyridine rings is 1. The lowest BCUT2D eigenvalue weighted by Gasteiger charge is -2.21. The molecule has 0 bridgehead atoms. The number of aromatic nitrogens is 1. The summed E-state index contributed by atoms with van der Waals surface area (Å²) in [7, 11) is 0. The molecule has 0 aromatic carbocycles. The number of nitrogens with zero attached hydrogens (tertiary/aromatic N) is 1. The summed E-state index contributed by atoms with van der Waals surface area (Å²) in [5.74, 6) is -7.92. The maximum absolute atomic E-state index is 13.8. The van der Waals surface area contributed by atoms with Gasteiger partial charge >= 0.3 is 0 Å². The molecule has 11 heteroatoms. The Labute approximate surface area is 183 Å². The van der Waals surface area contributed by atoms with Gasteiger partial charge in [0.1, 0.15) is 11.6 Å². The largest absolute Gasteiger partial charge is 0.347 e. The van der Waals surface area contributed by atoms with Gasteiger partial charge in [-0.15, -0.1) is 0 Å². The summed E-state index contributed by atoms with van der Waals surface area (Å²) in [5, 5.41) is 7.08. The molecular weight excluding hydrogens is 429 g/mol. The van der Waals surface area contributed by atoms with Gasteiger partial charge < -0.3 is 16.0 Å². The zero-order chi connectivity index (χ0) is 24.3. The van der Waals surface area contributed by atoms with Crippen molar-refractivity contribution < 1.29 is 32.3 Å². The van der Waals surface area contributed by atoms with E-state index < -0.39 is 65.1 Å². The molecule has 0 spiro atoms. The molecule has 0 aliphatic heterocycles. The highest BCUT2D eigenvalue weighted by atomic mass is 19.3. The van der Waals surface area contributed by atoms with E-state index in [1.165, 1.54) is 0 Å². The van der Waals surface area contributed by atoms with Gasteiger partial charge in [0.2, 0.25) is 17.6 Å². The zero-order valence-electron chi connectivity index (χ0n) is 18.4. The molecule has 3 N–H and O–H groups in total. The summed E-state index contributed by atoms with van der Waals surface area (Å²) in [6, 6.07) is -0.926. The fraction of sp³-hybridized carbons (Fsp3) is 0.571. The molecule has 1 aliphatic carbocycles. The predicted molar refractivity (Wildman–Crippen MR) is 110 cm³/mol. The number of hydrogen-bond donors (Lipinski definition) is 3. The van der Waals surface area contributed by atoms with Crippen molar-refractivity contribution in [1.82, 2.24) is 15.6 Å². The van der Waals surface area contributed by atoms with Gasteiger partial charge in [0.15, 0.2) is 0 Å². The van der Waals surface area contributed by atoms with Crippen molar-refractivity contribution in [2.24, 2.45) is 5.41 Å². The Hall–Kier alpha value is -2.98. The quantitative estimate of drug-likeness (QED) is 0.494. The summed E-state index contributed by atoms with van der Waals surface area (Å²) in [4.78, 5) is 53.4. The number of ketones is 1. The third kappa shape index (κ3) is 7.61. The van der Waals surface area contributed by atoms with Crippen LogP contribution in [0.15, 0.2) is 12.3 Å². The van der Waals surface area contributed by atoms with E-state index in [0.717, 1.165) is 12.3 Å². The van der Waals surface area contributed by atoms with Crippen LogP contribution in [0.1, 0.15) is 63.7 Å². The Morgan fingerprint density at radius 3 is 2.31 bits per heavy atom. The highest BCUT2D eigenvalue weighted by molar-refractivity contribution is 6.38. The number of halogens is 3. The first kappa shape index (κ1) is 25.3. The summed E-state index contributed by atoms with van der Waals surface area (Å²) >= 11 is 0. The molecule has 1 fully saturated rings. The highest BCUT2D eigenvalue weighted by Gasteiger charge is 2.34. The minimum absolute atomic E-state index is 0.151. The minimum Gasteiger partial charge on any atom is -0.347 e. The molecule has 0 unspecified atom stereocenters. The average molecular weight is 456 g/mol. The van der Waals surface area contributed by atoms with Crippen LogP contribution in [0.4, 0.5) is 19.0 Å². The fourth-order valence-corrected chi connectivity index (χ4v) is 2.55. The first-order valence-corrected chi connectivity index (χ1v) is 10.2. The van der Waals surface area contributed by atoms with Gasteiger partial charge in [0.05, 0.1) is 17.8 Å². The number of alkyl halides is 2. The number of carbonyl (C=O) groups is 4. The number of nitrogens with one attached hydrogen (secondary N) is 3. The summed E-state index contributed by atoms with van der Waals surface area (Å²) < 4.78 is 40.5. The number of hydrogen-bond acceptors (Lipinski definition) is 5. The molecule has 32 heavy (non-hydrogen) atoms. The van der Waals surface area contributed by atoms with Crippen LogP contribution in [0.3, 0.4) is 0 Å². The van der Waals surface area contributed by atoms with Gasteiger partial charge in [0, 0.05) is 17.9 Å². The molecule has 176 valence electrons. The van der Waals surface area contributed by atoms with Gasteiger partial charge in [-0.25, -0.2) is 18.2 Å². The first-order chi connectivity index (χ1) is 14.7. The lowest BCUT2D eigenvalue weighted by Crippen LogP contribution is -2.48. The Bertz CT molecular complexity index is 905. The second-order valence-corrected chi connectivity index (χ2v) is 9.00. The molecule has 2 rings (SSSR count). The molecule has 1 aliphatic rings. The van der Waals surface area contributed by atoms with Gasteiger partial charge in [-0.3, -0.25) is 19.2 Å². The van der Waals surface area contributed by atoms with Crippen molar-refractivity contribution in [2.75, 3.05) is 5.32 Å². The Kier molecular flexibility index (Phi) is 7.63. The van der Waals surface area contributed by atoms with Crippen LogP contribution >= 0.6 is 0 Å². The number of carbonyl (C=O) groups excluding carboxylic acids is 4. The summed E-state index contributed by atoms with van der Waals surface area (Å²) in [5.41, 5.74) is -1.26. The molecule has 1 atom stereocenters. The van der Waals surface area contributed by atoms with Crippen molar-refractivity contribution >= 4 is 29.3 Å². The van der Waals surface area contributed by atoms with Crippen LogP contribution in [-0.2, 0) is 14.4 Å². The van der Waals surface area contributed by atoms with E-state index in [2.05, 4.69) is 20.9 Å². The second-order valence-electron chi connectivity index (χ2n) is 9.00. The maximum Gasteiger partial charge on any atom is 0.289 e. The van der Waals surface area contributed by atoms with Gasteiger partial charge in [-0.2, -0.15) is 0 Å². The first-order valence-electron chi connectivity index (χ1n) is 10.2. The van der Waals surface area contributed by atoms with E-state index in [1.807, 2.05) is 0 Å². The van der Waals surface area contributed by atoms with E-state index >= 15 is 0 Å². The SMILES string of the molecule is CC(F)(F)CC[C@H](NC(=O)c1cc(F)cnc1NC(=O)C(C)(C)C)C(=O)C(=O)NC1CC1. The van der Waals surface area contributed by atoms with E-state index in [1.54, 1.807) is 20.8 Å². The molecular formula is C21H27F3N4O4. The van der Waals surface area contributed by atoms with Crippen LogP contribution in [-0.4, -0.2) is 46.5 Å². The van der Waals surface area contributed by atoms with Crippen molar-refractivity contribution in [3.8, 4) is 0 Å². The number of anilines is 1. The molecule has 1 aromatic rings. The maximum atomic E-state index is 13.8. The number of rotatable bonds is 9. The Morgan fingerprint density at radius 2 is 1.78 bits per heavy atom. The smallest absolute Gasteiger partial charge is 0.289 e. The van der Waals surface area contributed by atoms with Crippen molar-refractivity contribution in [3.05, 3.63) is 23.6 Å². The summed E-state index contributed by atoms with van der Waals surface area (Å²) in [6.07, 6.45) is 0.913. The normalized spacial score (nSPS) is 15.0. The lowest BCUT2D eigenvalue weighted by atomic mass is 9.95. The van der Waals surface area contributed by atoms with E-state index in [4.69, 9.17) is 0 Å². The second kappa shape index (κ2) is 9.66. The number of amides is 3. The predicted octanol–water partition coefficient (Wildman–Crippen LogP) is 2.59. The van der Waals surface area contributed by atoms with Crippen LogP contribution in [0.5, 0.6) is 0 Å². The van der Waals surface area contributed by atoms with Crippen molar-refractivity contribution in [2.45, 2.75) is 71.4 Å². The zero-order valence-corrected chi connectivity index (χ0v) is 18.4. The third-order valence-corrected chi connectivity index (χ3v) is 4.64. The van der Waals surface area contributed by atoms with Crippen LogP contribution < -0.4 is 16.0 Å². The standard InChI is InChI=1S/C21H27F3N4O4/c1-20(2,3)19(32)28-16-13(9-11(22)10-25-16)17(30)27-14(7-8-21(4,23)24)15(29)18(31)26-12-5-6-12/h9-10,12,14H,5-8H2,1-4H3,(H,26,31)(H,27,30)(H,25,28,32)/t14-/m0/s1. The van der Waals surface area contributed by atoms with Crippen LogP contribution in [0, 0.1) is 11.2 Å². The molecule has 0 saturated heterocycles. The third-order valence-electron chi connectivity index (χ3n) is 4.64. The van der Waals surface area contributed by atoms with E-state index in [-0.39, 0.29) is 11.9 Å². The topological polar surface area (TPSA) is 117 Å². The molecule has 1 saturated carbocycles. The van der Waals surface area contributed by atoms with Gasteiger partial charge in [0.25, 0.3) is 11.8 Å². The molecule has 1 heterocycles. The van der Waals surface area contributed by atoms with Crippen LogP contribution in [0.25, 0.3) is 0 Å². The summed E-state index contributed by atoms with van der Waals surface area (Å²) in [6.45, 7) is 5.49. The Balaban J connectivity index is 2.25. The van der Waals surface area contributed by atoms with E-state index in [0.29, 0.717) is 19.8 Å². The highest BCUT2D eigenvalue weighted by Crippen LogP contribution is 2.23. The molecule has 1 aromatic heterocycles. The van der Waals surface area contributed by atoms with Crippen LogP contribution in [0.2, 0.25) is 0 Å².